The molecule has 0 aromatic carbocycles. The van der Waals surface area contributed by atoms with E-state index in [0.717, 1.165) is 5.69 Å². The van der Waals surface area contributed by atoms with E-state index in [1.54, 1.807) is 19.4 Å². The SMILES string of the molecule is Cc1csc(NS(=O)(=O)c2ncn(C)c2Cl)n1. The van der Waals surface area contributed by atoms with Gasteiger partial charge in [-0.1, -0.05) is 11.6 Å². The average Bonchev–Trinajstić information content (AvgIpc) is 2.75. The maximum Gasteiger partial charge on any atom is 0.284 e. The van der Waals surface area contributed by atoms with Gasteiger partial charge in [0.1, 0.15) is 5.15 Å². The highest BCUT2D eigenvalue weighted by atomic mass is 35.5. The Morgan fingerprint density at radius 3 is 2.71 bits per heavy atom. The van der Waals surface area contributed by atoms with Crippen molar-refractivity contribution in [2.75, 3.05) is 4.72 Å². The largest absolute Gasteiger partial charge is 0.324 e. The van der Waals surface area contributed by atoms with E-state index in [0.29, 0.717) is 5.13 Å². The van der Waals surface area contributed by atoms with Crippen LogP contribution in [0.15, 0.2) is 16.7 Å². The number of nitrogens with one attached hydrogen (secondary N) is 1. The lowest BCUT2D eigenvalue weighted by Crippen LogP contribution is -2.13. The summed E-state index contributed by atoms with van der Waals surface area (Å²) in [5, 5.41) is 1.90. The van der Waals surface area contributed by atoms with Crippen LogP contribution in [0.4, 0.5) is 5.13 Å². The number of thiazole rings is 1. The van der Waals surface area contributed by atoms with E-state index in [9.17, 15) is 8.42 Å². The Balaban J connectivity index is 2.34. The van der Waals surface area contributed by atoms with Gasteiger partial charge < -0.3 is 4.57 Å². The predicted octanol–water partition coefficient (Wildman–Crippen LogP) is 1.64. The van der Waals surface area contributed by atoms with Gasteiger partial charge in [0.2, 0.25) is 5.03 Å². The Bertz CT molecular complexity index is 646. The Kier molecular flexibility index (Phi) is 3.11. The standard InChI is InChI=1S/C8H9ClN4O2S2/c1-5-3-16-8(11-5)12-17(14,15)7-6(9)13(2)4-10-7/h3-4H,1-2H3,(H,11,12). The maximum atomic E-state index is 11.9. The zero-order valence-electron chi connectivity index (χ0n) is 9.01. The second-order valence-electron chi connectivity index (χ2n) is 3.35. The highest BCUT2D eigenvalue weighted by Crippen LogP contribution is 2.23. The van der Waals surface area contributed by atoms with E-state index in [2.05, 4.69) is 14.7 Å². The van der Waals surface area contributed by atoms with Gasteiger partial charge in [-0.2, -0.15) is 8.42 Å². The van der Waals surface area contributed by atoms with Crippen LogP contribution in [-0.4, -0.2) is 23.0 Å². The molecule has 0 aliphatic rings. The highest BCUT2D eigenvalue weighted by Gasteiger charge is 2.23. The normalized spacial score (nSPS) is 11.7. The zero-order valence-corrected chi connectivity index (χ0v) is 11.4. The lowest BCUT2D eigenvalue weighted by molar-refractivity contribution is 0.598. The van der Waals surface area contributed by atoms with Crippen LogP contribution < -0.4 is 4.72 Å². The summed E-state index contributed by atoms with van der Waals surface area (Å²) in [7, 11) is -2.16. The molecule has 6 nitrogen and oxygen atoms in total. The van der Waals surface area contributed by atoms with Crippen LogP contribution >= 0.6 is 22.9 Å². The van der Waals surface area contributed by atoms with Crippen LogP contribution in [0.1, 0.15) is 5.69 Å². The molecule has 2 heterocycles. The number of hydrogen-bond donors (Lipinski definition) is 1. The summed E-state index contributed by atoms with van der Waals surface area (Å²) >= 11 is 7.03. The van der Waals surface area contributed by atoms with Gasteiger partial charge in [0.05, 0.1) is 12.0 Å². The number of imidazole rings is 1. The van der Waals surface area contributed by atoms with Crippen LogP contribution in [0.2, 0.25) is 5.15 Å². The lowest BCUT2D eigenvalue weighted by atomic mass is 10.6. The number of rotatable bonds is 3. The van der Waals surface area contributed by atoms with E-state index in [1.807, 2.05) is 0 Å². The quantitative estimate of drug-likeness (QED) is 0.933. The van der Waals surface area contributed by atoms with Crippen LogP contribution in [0, 0.1) is 6.92 Å². The van der Waals surface area contributed by atoms with E-state index >= 15 is 0 Å². The van der Waals surface area contributed by atoms with Gasteiger partial charge in [-0.3, -0.25) is 4.72 Å². The van der Waals surface area contributed by atoms with Crippen molar-refractivity contribution in [3.63, 3.8) is 0 Å². The first-order valence-corrected chi connectivity index (χ1v) is 7.26. The molecule has 2 aromatic heterocycles. The summed E-state index contributed by atoms with van der Waals surface area (Å²) < 4.78 is 27.6. The molecular weight excluding hydrogens is 284 g/mol. The van der Waals surface area contributed by atoms with Gasteiger partial charge in [-0.05, 0) is 6.92 Å². The van der Waals surface area contributed by atoms with E-state index in [-0.39, 0.29) is 10.2 Å². The number of hydrogen-bond acceptors (Lipinski definition) is 5. The number of sulfonamides is 1. The second kappa shape index (κ2) is 4.28. The minimum absolute atomic E-state index is 0.0609. The maximum absolute atomic E-state index is 11.9. The summed E-state index contributed by atoms with van der Waals surface area (Å²) in [6, 6.07) is 0. The van der Waals surface area contributed by atoms with Gasteiger partial charge in [-0.15, -0.1) is 11.3 Å². The Labute approximate surface area is 107 Å². The number of aryl methyl sites for hydroxylation is 2. The molecule has 0 saturated carbocycles. The summed E-state index contributed by atoms with van der Waals surface area (Å²) in [6.45, 7) is 1.78. The highest BCUT2D eigenvalue weighted by molar-refractivity contribution is 7.93. The number of halogens is 1. The van der Waals surface area contributed by atoms with Crippen molar-refractivity contribution >= 4 is 38.1 Å². The van der Waals surface area contributed by atoms with Gasteiger partial charge in [-0.25, -0.2) is 9.97 Å². The molecule has 0 aliphatic carbocycles. The molecule has 92 valence electrons. The van der Waals surface area contributed by atoms with Crippen molar-refractivity contribution in [3.05, 3.63) is 22.6 Å². The number of aromatic nitrogens is 3. The van der Waals surface area contributed by atoms with E-state index in [1.165, 1.54) is 22.2 Å². The third-order valence-corrected chi connectivity index (χ3v) is 4.76. The molecule has 0 radical (unpaired) electrons. The molecule has 0 aliphatic heterocycles. The van der Waals surface area contributed by atoms with Crippen molar-refractivity contribution in [2.45, 2.75) is 11.9 Å². The Morgan fingerprint density at radius 2 is 2.24 bits per heavy atom. The Hall–Kier alpha value is -1.12. The summed E-state index contributed by atoms with van der Waals surface area (Å²) in [6.07, 6.45) is 1.34. The first-order chi connectivity index (χ1) is 7.90. The Morgan fingerprint density at radius 1 is 1.53 bits per heavy atom. The minimum atomic E-state index is -3.78. The number of anilines is 1. The van der Waals surface area contributed by atoms with Crippen LogP contribution in [0.5, 0.6) is 0 Å². The third kappa shape index (κ3) is 2.43. The molecule has 0 bridgehead atoms. The summed E-state index contributed by atoms with van der Waals surface area (Å²) in [4.78, 5) is 7.76. The predicted molar refractivity (Wildman–Crippen MR) is 65.9 cm³/mol. The monoisotopic (exact) mass is 292 g/mol. The van der Waals surface area contributed by atoms with Crippen LogP contribution in [0.3, 0.4) is 0 Å². The average molecular weight is 293 g/mol. The molecule has 0 saturated heterocycles. The van der Waals surface area contributed by atoms with Gasteiger partial charge in [0.15, 0.2) is 5.13 Å². The lowest BCUT2D eigenvalue weighted by Gasteiger charge is -2.02. The molecule has 0 spiro atoms. The van der Waals surface area contributed by atoms with Crippen molar-refractivity contribution in [3.8, 4) is 0 Å². The molecule has 2 rings (SSSR count). The molecule has 0 fully saturated rings. The second-order valence-corrected chi connectivity index (χ2v) is 6.16. The van der Waals surface area contributed by atoms with Crippen LogP contribution in [-0.2, 0) is 17.1 Å². The van der Waals surface area contributed by atoms with E-state index in [4.69, 9.17) is 11.6 Å². The number of nitrogens with zero attached hydrogens (tertiary/aromatic N) is 3. The molecule has 0 amide bonds. The topological polar surface area (TPSA) is 76.9 Å². The van der Waals surface area contributed by atoms with Gasteiger partial charge in [0.25, 0.3) is 10.0 Å². The molecular formula is C8H9ClN4O2S2. The fraction of sp³-hybridized carbons (Fsp3) is 0.250. The van der Waals surface area contributed by atoms with Crippen LogP contribution in [0.25, 0.3) is 0 Å². The fourth-order valence-corrected chi connectivity index (χ4v) is 3.51. The summed E-state index contributed by atoms with van der Waals surface area (Å²) in [5.41, 5.74) is 0.750. The summed E-state index contributed by atoms with van der Waals surface area (Å²) in [5.74, 6) is 0. The first-order valence-electron chi connectivity index (χ1n) is 4.52. The molecule has 0 unspecified atom stereocenters. The molecule has 9 heteroatoms. The van der Waals surface area contributed by atoms with Crippen molar-refractivity contribution < 1.29 is 8.42 Å². The first kappa shape index (κ1) is 12.3. The van der Waals surface area contributed by atoms with Gasteiger partial charge >= 0.3 is 0 Å². The van der Waals surface area contributed by atoms with Crippen molar-refractivity contribution in [2.24, 2.45) is 7.05 Å². The molecule has 0 atom stereocenters. The van der Waals surface area contributed by atoms with E-state index < -0.39 is 10.0 Å². The zero-order chi connectivity index (χ0) is 12.6. The van der Waals surface area contributed by atoms with Gasteiger partial charge in [0, 0.05) is 12.4 Å². The molecule has 17 heavy (non-hydrogen) atoms. The molecule has 1 N–H and O–H groups in total. The smallest absolute Gasteiger partial charge is 0.284 e. The fourth-order valence-electron chi connectivity index (χ4n) is 1.14. The molecule has 2 aromatic rings. The minimum Gasteiger partial charge on any atom is -0.324 e. The van der Waals surface area contributed by atoms with Crippen molar-refractivity contribution in [1.29, 1.82) is 0 Å². The third-order valence-electron chi connectivity index (χ3n) is 1.93. The van der Waals surface area contributed by atoms with Crippen molar-refractivity contribution in [1.82, 2.24) is 14.5 Å².